The number of carbonyl (C=O) groups excluding carboxylic acids is 3. The fourth-order valence-corrected chi connectivity index (χ4v) is 4.98. The van der Waals surface area contributed by atoms with Crippen molar-refractivity contribution in [2.45, 2.75) is 31.7 Å². The summed E-state index contributed by atoms with van der Waals surface area (Å²) < 4.78 is 13.2. The van der Waals surface area contributed by atoms with E-state index in [9.17, 15) is 18.8 Å². The van der Waals surface area contributed by atoms with Gasteiger partial charge >= 0.3 is 0 Å². The van der Waals surface area contributed by atoms with Crippen molar-refractivity contribution in [1.29, 1.82) is 0 Å². The number of benzene rings is 1. The van der Waals surface area contributed by atoms with Crippen molar-refractivity contribution >= 4 is 29.1 Å². The number of hydrogen-bond acceptors (Lipinski definition) is 4. The molecule has 164 valence electrons. The molecule has 1 aromatic carbocycles. The highest BCUT2D eigenvalue weighted by Gasteiger charge is 2.36. The second-order valence-electron chi connectivity index (χ2n) is 7.97. The van der Waals surface area contributed by atoms with Crippen LogP contribution in [0.25, 0.3) is 0 Å². The van der Waals surface area contributed by atoms with Crippen LogP contribution < -0.4 is 0 Å². The highest BCUT2D eigenvalue weighted by atomic mass is 32.1. The minimum absolute atomic E-state index is 0.0271. The van der Waals surface area contributed by atoms with Crippen molar-refractivity contribution in [2.75, 3.05) is 32.7 Å². The first-order valence-electron chi connectivity index (χ1n) is 10.7. The fraction of sp³-hybridized carbons (Fsp3) is 0.435. The molecule has 2 saturated heterocycles. The number of amides is 3. The summed E-state index contributed by atoms with van der Waals surface area (Å²) in [7, 11) is 0. The molecule has 8 heteroatoms. The predicted molar refractivity (Wildman–Crippen MR) is 116 cm³/mol. The number of thiophene rings is 1. The summed E-state index contributed by atoms with van der Waals surface area (Å²) >= 11 is 1.40. The number of piperidine rings is 1. The van der Waals surface area contributed by atoms with E-state index in [0.717, 1.165) is 12.8 Å². The van der Waals surface area contributed by atoms with Gasteiger partial charge in [-0.05, 0) is 61.4 Å². The van der Waals surface area contributed by atoms with E-state index < -0.39 is 6.04 Å². The van der Waals surface area contributed by atoms with Gasteiger partial charge in [0.25, 0.3) is 11.8 Å². The number of rotatable bonds is 3. The van der Waals surface area contributed by atoms with Crippen LogP contribution in [0, 0.1) is 5.82 Å². The lowest BCUT2D eigenvalue weighted by molar-refractivity contribution is -0.137. The molecule has 1 aromatic heterocycles. The smallest absolute Gasteiger partial charge is 0.264 e. The molecule has 0 aliphatic carbocycles. The van der Waals surface area contributed by atoms with Gasteiger partial charge in [0.1, 0.15) is 11.9 Å². The molecule has 3 amide bonds. The van der Waals surface area contributed by atoms with E-state index in [1.807, 2.05) is 11.4 Å². The minimum Gasteiger partial charge on any atom is -0.339 e. The van der Waals surface area contributed by atoms with Crippen molar-refractivity contribution in [3.8, 4) is 0 Å². The zero-order valence-electron chi connectivity index (χ0n) is 17.3. The van der Waals surface area contributed by atoms with Gasteiger partial charge in [-0.15, -0.1) is 11.3 Å². The number of halogens is 1. The van der Waals surface area contributed by atoms with Gasteiger partial charge < -0.3 is 14.7 Å². The van der Waals surface area contributed by atoms with Crippen LogP contribution in [0.4, 0.5) is 4.39 Å². The molecule has 2 fully saturated rings. The Balaban J connectivity index is 1.42. The molecule has 1 atom stereocenters. The maximum atomic E-state index is 13.4. The van der Waals surface area contributed by atoms with Crippen LogP contribution in [-0.4, -0.2) is 71.2 Å². The van der Waals surface area contributed by atoms with Crippen molar-refractivity contribution in [3.63, 3.8) is 0 Å². The lowest BCUT2D eigenvalue weighted by atomic mass is 10.0. The zero-order valence-corrected chi connectivity index (χ0v) is 18.2. The Labute approximate surface area is 185 Å². The van der Waals surface area contributed by atoms with Crippen LogP contribution in [0.3, 0.4) is 0 Å². The predicted octanol–water partition coefficient (Wildman–Crippen LogP) is 3.26. The first-order valence-corrected chi connectivity index (χ1v) is 11.6. The molecule has 0 radical (unpaired) electrons. The maximum Gasteiger partial charge on any atom is 0.264 e. The molecule has 6 nitrogen and oxygen atoms in total. The molecule has 0 bridgehead atoms. The summed E-state index contributed by atoms with van der Waals surface area (Å²) in [6.07, 6.45) is 3.17. The standard InChI is InChI=1S/C23H26FN3O3S/c24-18-9-7-17(8-10-18)21(28)25-11-4-12-26(15-14-25)22(29)19-5-1-2-13-27(19)23(30)20-6-3-16-31-20/h3,6-10,16,19H,1-2,4-5,11-15H2. The molecule has 4 rings (SSSR count). The average Bonchev–Trinajstić information content (AvgIpc) is 3.23. The monoisotopic (exact) mass is 443 g/mol. The van der Waals surface area contributed by atoms with Gasteiger partial charge in [-0.1, -0.05) is 6.07 Å². The van der Waals surface area contributed by atoms with Crippen LogP contribution in [0.5, 0.6) is 0 Å². The Morgan fingerprint density at radius 1 is 0.839 bits per heavy atom. The first kappa shape index (κ1) is 21.5. The molecule has 2 aliphatic heterocycles. The third-order valence-electron chi connectivity index (χ3n) is 5.97. The van der Waals surface area contributed by atoms with Crippen LogP contribution in [0.1, 0.15) is 45.7 Å². The molecule has 1 unspecified atom stereocenters. The summed E-state index contributed by atoms with van der Waals surface area (Å²) in [5.41, 5.74) is 0.446. The van der Waals surface area contributed by atoms with E-state index in [1.54, 1.807) is 20.8 Å². The van der Waals surface area contributed by atoms with Gasteiger partial charge in [-0.3, -0.25) is 14.4 Å². The third-order valence-corrected chi connectivity index (χ3v) is 6.82. The van der Waals surface area contributed by atoms with E-state index in [1.165, 1.54) is 35.6 Å². The Hall–Kier alpha value is -2.74. The highest BCUT2D eigenvalue weighted by molar-refractivity contribution is 7.12. The van der Waals surface area contributed by atoms with Crippen molar-refractivity contribution in [3.05, 3.63) is 58.0 Å². The van der Waals surface area contributed by atoms with Gasteiger partial charge in [0.15, 0.2) is 0 Å². The second-order valence-corrected chi connectivity index (χ2v) is 8.91. The minimum atomic E-state index is -0.442. The largest absolute Gasteiger partial charge is 0.339 e. The Morgan fingerprint density at radius 3 is 2.32 bits per heavy atom. The van der Waals surface area contributed by atoms with Gasteiger partial charge in [-0.25, -0.2) is 4.39 Å². The first-order chi connectivity index (χ1) is 15.0. The van der Waals surface area contributed by atoms with E-state index in [0.29, 0.717) is 56.0 Å². The molecule has 0 N–H and O–H groups in total. The lowest BCUT2D eigenvalue weighted by Gasteiger charge is -2.37. The molecular formula is C23H26FN3O3S. The fourth-order valence-electron chi connectivity index (χ4n) is 4.30. The SMILES string of the molecule is O=C(c1ccc(F)cc1)N1CCCN(C(=O)C2CCCCN2C(=O)c2cccs2)CC1. The van der Waals surface area contributed by atoms with E-state index in [-0.39, 0.29) is 23.5 Å². The van der Waals surface area contributed by atoms with Gasteiger partial charge in [0.05, 0.1) is 4.88 Å². The quantitative estimate of drug-likeness (QED) is 0.732. The number of likely N-dealkylation sites (tertiary alicyclic amines) is 1. The van der Waals surface area contributed by atoms with E-state index >= 15 is 0 Å². The number of carbonyl (C=O) groups is 3. The summed E-state index contributed by atoms with van der Waals surface area (Å²) in [6.45, 7) is 2.55. The molecule has 2 aromatic rings. The highest BCUT2D eigenvalue weighted by Crippen LogP contribution is 2.24. The number of nitrogens with zero attached hydrogens (tertiary/aromatic N) is 3. The van der Waals surface area contributed by atoms with E-state index in [2.05, 4.69) is 0 Å². The molecule has 3 heterocycles. The van der Waals surface area contributed by atoms with Gasteiger partial charge in [-0.2, -0.15) is 0 Å². The summed E-state index contributed by atoms with van der Waals surface area (Å²) in [4.78, 5) is 45.0. The Kier molecular flexibility index (Phi) is 6.65. The average molecular weight is 444 g/mol. The van der Waals surface area contributed by atoms with E-state index in [4.69, 9.17) is 0 Å². The van der Waals surface area contributed by atoms with Crippen LogP contribution >= 0.6 is 11.3 Å². The van der Waals surface area contributed by atoms with Gasteiger partial charge in [0.2, 0.25) is 5.91 Å². The molecule has 2 aliphatic rings. The molecule has 0 spiro atoms. The van der Waals surface area contributed by atoms with Crippen molar-refractivity contribution < 1.29 is 18.8 Å². The van der Waals surface area contributed by atoms with Crippen LogP contribution in [0.15, 0.2) is 41.8 Å². The molecule has 0 saturated carbocycles. The Bertz CT molecular complexity index is 932. The maximum absolute atomic E-state index is 13.4. The second kappa shape index (κ2) is 9.60. The molecular weight excluding hydrogens is 417 g/mol. The van der Waals surface area contributed by atoms with Crippen LogP contribution in [-0.2, 0) is 4.79 Å². The van der Waals surface area contributed by atoms with Gasteiger partial charge in [0, 0.05) is 38.3 Å². The summed E-state index contributed by atoms with van der Waals surface area (Å²) in [5.74, 6) is -0.628. The molecule has 31 heavy (non-hydrogen) atoms. The normalized spacial score (nSPS) is 19.8. The van der Waals surface area contributed by atoms with Crippen molar-refractivity contribution in [2.24, 2.45) is 0 Å². The van der Waals surface area contributed by atoms with Crippen LogP contribution in [0.2, 0.25) is 0 Å². The number of hydrogen-bond donors (Lipinski definition) is 0. The third kappa shape index (κ3) is 4.79. The summed E-state index contributed by atoms with van der Waals surface area (Å²) in [6, 6.07) is 8.74. The van der Waals surface area contributed by atoms with Crippen molar-refractivity contribution in [1.82, 2.24) is 14.7 Å². The summed E-state index contributed by atoms with van der Waals surface area (Å²) in [5, 5.41) is 1.87. The zero-order chi connectivity index (χ0) is 21.8. The lowest BCUT2D eigenvalue weighted by Crippen LogP contribution is -2.53. The Morgan fingerprint density at radius 2 is 1.58 bits per heavy atom. The topological polar surface area (TPSA) is 60.9 Å².